The van der Waals surface area contributed by atoms with Crippen LogP contribution in [0.1, 0.15) is 25.5 Å². The fourth-order valence-electron chi connectivity index (χ4n) is 1.30. The number of carbonyl (C=O) groups excluding carboxylic acids is 1. The fraction of sp³-hybridized carbons (Fsp3) is 0.545. The van der Waals surface area contributed by atoms with Crippen molar-refractivity contribution in [3.8, 4) is 5.88 Å². The molecule has 17 heavy (non-hydrogen) atoms. The minimum absolute atomic E-state index is 0.299. The number of nitrogens with zero attached hydrogens (tertiary/aromatic N) is 2. The van der Waals surface area contributed by atoms with Gasteiger partial charge in [0.1, 0.15) is 0 Å². The van der Waals surface area contributed by atoms with E-state index in [1.165, 1.54) is 0 Å². The zero-order valence-corrected chi connectivity index (χ0v) is 10.2. The van der Waals surface area contributed by atoms with E-state index in [0.717, 1.165) is 5.69 Å². The van der Waals surface area contributed by atoms with Gasteiger partial charge in [0.05, 0.1) is 6.61 Å². The largest absolute Gasteiger partial charge is 0.478 e. The third kappa shape index (κ3) is 5.14. The van der Waals surface area contributed by atoms with Gasteiger partial charge in [0, 0.05) is 24.7 Å². The molecule has 0 fully saturated rings. The predicted molar refractivity (Wildman–Crippen MR) is 64.9 cm³/mol. The lowest BCUT2D eigenvalue weighted by Crippen LogP contribution is -2.13. The zero-order chi connectivity index (χ0) is 12.7. The van der Waals surface area contributed by atoms with E-state index >= 15 is 0 Å². The van der Waals surface area contributed by atoms with Crippen LogP contribution >= 0.6 is 0 Å². The molecule has 0 radical (unpaired) electrons. The standard InChI is InChI=1S/C11H18N4O2/c1-3-17-10-7-8(2)14-11(15-10)13-6-4-5-9(12)16/h7H,3-6H2,1-2H3,(H2,12,16)(H,13,14,15). The molecule has 94 valence electrons. The Labute approximate surface area is 101 Å². The SMILES string of the molecule is CCOc1cc(C)nc(NCCCC(N)=O)n1. The second-order valence-electron chi connectivity index (χ2n) is 3.60. The summed E-state index contributed by atoms with van der Waals surface area (Å²) in [4.78, 5) is 18.9. The quantitative estimate of drug-likeness (QED) is 0.688. The first-order chi connectivity index (χ1) is 8.11. The van der Waals surface area contributed by atoms with Crippen LogP contribution in [-0.4, -0.2) is 29.0 Å². The number of rotatable bonds is 7. The summed E-state index contributed by atoms with van der Waals surface area (Å²) < 4.78 is 5.31. The maximum absolute atomic E-state index is 10.5. The Bertz CT molecular complexity index is 382. The summed E-state index contributed by atoms with van der Waals surface area (Å²) in [5.74, 6) is 0.766. The van der Waals surface area contributed by atoms with Gasteiger partial charge in [-0.25, -0.2) is 4.98 Å². The molecule has 0 aliphatic carbocycles. The van der Waals surface area contributed by atoms with E-state index in [1.807, 2.05) is 13.8 Å². The number of aryl methyl sites for hydroxylation is 1. The van der Waals surface area contributed by atoms with Crippen LogP contribution in [0.2, 0.25) is 0 Å². The van der Waals surface area contributed by atoms with Gasteiger partial charge in [0.2, 0.25) is 17.7 Å². The van der Waals surface area contributed by atoms with Crippen molar-refractivity contribution < 1.29 is 9.53 Å². The highest BCUT2D eigenvalue weighted by molar-refractivity contribution is 5.73. The summed E-state index contributed by atoms with van der Waals surface area (Å²) in [5.41, 5.74) is 5.88. The van der Waals surface area contributed by atoms with Crippen molar-refractivity contribution in [3.05, 3.63) is 11.8 Å². The number of hydrogen-bond donors (Lipinski definition) is 2. The number of primary amides is 1. The third-order valence-electron chi connectivity index (χ3n) is 2.01. The van der Waals surface area contributed by atoms with Gasteiger partial charge in [0.25, 0.3) is 0 Å². The first kappa shape index (κ1) is 13.2. The van der Waals surface area contributed by atoms with Crippen LogP contribution in [0, 0.1) is 6.92 Å². The Balaban J connectivity index is 2.49. The number of ether oxygens (including phenoxy) is 1. The molecule has 0 atom stereocenters. The van der Waals surface area contributed by atoms with Crippen molar-refractivity contribution in [2.75, 3.05) is 18.5 Å². The average Bonchev–Trinajstić information content (AvgIpc) is 2.24. The highest BCUT2D eigenvalue weighted by atomic mass is 16.5. The molecule has 1 rings (SSSR count). The van der Waals surface area contributed by atoms with E-state index in [0.29, 0.717) is 37.8 Å². The van der Waals surface area contributed by atoms with E-state index < -0.39 is 0 Å². The van der Waals surface area contributed by atoms with E-state index in [9.17, 15) is 4.79 Å². The van der Waals surface area contributed by atoms with Gasteiger partial charge in [-0.2, -0.15) is 4.98 Å². The topological polar surface area (TPSA) is 90.1 Å². The Morgan fingerprint density at radius 3 is 2.94 bits per heavy atom. The lowest BCUT2D eigenvalue weighted by atomic mass is 10.3. The van der Waals surface area contributed by atoms with Crippen LogP contribution < -0.4 is 15.8 Å². The predicted octanol–water partition coefficient (Wildman–Crippen LogP) is 0.861. The molecular weight excluding hydrogens is 220 g/mol. The van der Waals surface area contributed by atoms with Crippen molar-refractivity contribution in [1.29, 1.82) is 0 Å². The van der Waals surface area contributed by atoms with Gasteiger partial charge < -0.3 is 15.8 Å². The molecular formula is C11H18N4O2. The maximum atomic E-state index is 10.5. The number of nitrogens with two attached hydrogens (primary N) is 1. The van der Waals surface area contributed by atoms with E-state index in [1.54, 1.807) is 6.07 Å². The van der Waals surface area contributed by atoms with Crippen molar-refractivity contribution >= 4 is 11.9 Å². The van der Waals surface area contributed by atoms with Gasteiger partial charge in [-0.1, -0.05) is 0 Å². The van der Waals surface area contributed by atoms with Crippen molar-refractivity contribution in [2.45, 2.75) is 26.7 Å². The first-order valence-corrected chi connectivity index (χ1v) is 5.62. The third-order valence-corrected chi connectivity index (χ3v) is 2.01. The smallest absolute Gasteiger partial charge is 0.226 e. The molecule has 1 aromatic rings. The molecule has 0 saturated carbocycles. The number of carbonyl (C=O) groups is 1. The van der Waals surface area contributed by atoms with Crippen molar-refractivity contribution in [2.24, 2.45) is 5.73 Å². The summed E-state index contributed by atoms with van der Waals surface area (Å²) in [6.07, 6.45) is 1.02. The second-order valence-corrected chi connectivity index (χ2v) is 3.60. The summed E-state index contributed by atoms with van der Waals surface area (Å²) in [6.45, 7) is 4.95. The molecule has 0 spiro atoms. The number of nitrogens with one attached hydrogen (secondary N) is 1. The number of anilines is 1. The van der Waals surface area contributed by atoms with Gasteiger partial charge >= 0.3 is 0 Å². The molecule has 1 amide bonds. The molecule has 6 heteroatoms. The van der Waals surface area contributed by atoms with Gasteiger partial charge in [-0.15, -0.1) is 0 Å². The van der Waals surface area contributed by atoms with E-state index in [4.69, 9.17) is 10.5 Å². The van der Waals surface area contributed by atoms with Crippen molar-refractivity contribution in [1.82, 2.24) is 9.97 Å². The molecule has 1 heterocycles. The monoisotopic (exact) mass is 238 g/mol. The molecule has 0 aromatic carbocycles. The molecule has 3 N–H and O–H groups in total. The summed E-state index contributed by atoms with van der Waals surface area (Å²) in [5, 5.41) is 3.03. The van der Waals surface area contributed by atoms with E-state index in [2.05, 4.69) is 15.3 Å². The molecule has 0 aliphatic heterocycles. The van der Waals surface area contributed by atoms with E-state index in [-0.39, 0.29) is 5.91 Å². The molecule has 0 bridgehead atoms. The van der Waals surface area contributed by atoms with Gasteiger partial charge in [0.15, 0.2) is 0 Å². The van der Waals surface area contributed by atoms with Crippen LogP contribution in [0.3, 0.4) is 0 Å². The molecule has 0 aliphatic rings. The van der Waals surface area contributed by atoms with Crippen LogP contribution in [0.25, 0.3) is 0 Å². The minimum Gasteiger partial charge on any atom is -0.478 e. The minimum atomic E-state index is -0.299. The normalized spacial score (nSPS) is 10.0. The maximum Gasteiger partial charge on any atom is 0.226 e. The molecule has 6 nitrogen and oxygen atoms in total. The lowest BCUT2D eigenvalue weighted by molar-refractivity contribution is -0.118. The number of aromatic nitrogens is 2. The highest BCUT2D eigenvalue weighted by Gasteiger charge is 2.02. The fourth-order valence-corrected chi connectivity index (χ4v) is 1.30. The number of amides is 1. The van der Waals surface area contributed by atoms with Crippen LogP contribution in [0.15, 0.2) is 6.07 Å². The molecule has 0 unspecified atom stereocenters. The summed E-state index contributed by atoms with van der Waals surface area (Å²) in [6, 6.07) is 1.78. The highest BCUT2D eigenvalue weighted by Crippen LogP contribution is 2.11. The van der Waals surface area contributed by atoms with Crippen LogP contribution in [-0.2, 0) is 4.79 Å². The van der Waals surface area contributed by atoms with Crippen molar-refractivity contribution in [3.63, 3.8) is 0 Å². The zero-order valence-electron chi connectivity index (χ0n) is 10.2. The first-order valence-electron chi connectivity index (χ1n) is 5.62. The average molecular weight is 238 g/mol. The summed E-state index contributed by atoms with van der Waals surface area (Å²) >= 11 is 0. The van der Waals surface area contributed by atoms with Crippen LogP contribution in [0.4, 0.5) is 5.95 Å². The Hall–Kier alpha value is -1.85. The lowest BCUT2D eigenvalue weighted by Gasteiger charge is -2.07. The second kappa shape index (κ2) is 6.67. The Morgan fingerprint density at radius 2 is 2.29 bits per heavy atom. The van der Waals surface area contributed by atoms with Crippen LogP contribution in [0.5, 0.6) is 5.88 Å². The van der Waals surface area contributed by atoms with Gasteiger partial charge in [-0.3, -0.25) is 4.79 Å². The molecule has 1 aromatic heterocycles. The number of hydrogen-bond acceptors (Lipinski definition) is 5. The Kier molecular flexibility index (Phi) is 5.19. The molecule has 0 saturated heterocycles. The Morgan fingerprint density at radius 1 is 1.53 bits per heavy atom. The summed E-state index contributed by atoms with van der Waals surface area (Å²) in [7, 11) is 0. The van der Waals surface area contributed by atoms with Gasteiger partial charge in [-0.05, 0) is 20.3 Å².